The zero-order valence-electron chi connectivity index (χ0n) is 10.8. The zero-order valence-corrected chi connectivity index (χ0v) is 10.8. The minimum absolute atomic E-state index is 0.0127. The van der Waals surface area contributed by atoms with Crippen LogP contribution in [0, 0.1) is 11.6 Å². The van der Waals surface area contributed by atoms with Gasteiger partial charge in [-0.05, 0) is 24.6 Å². The van der Waals surface area contributed by atoms with E-state index in [2.05, 4.69) is 10.4 Å². The van der Waals surface area contributed by atoms with Crippen molar-refractivity contribution in [3.8, 4) is 0 Å². The fraction of sp³-hybridized carbons (Fsp3) is 0.231. The summed E-state index contributed by atoms with van der Waals surface area (Å²) < 4.78 is 27.4. The fourth-order valence-electron chi connectivity index (χ4n) is 1.80. The zero-order chi connectivity index (χ0) is 14.7. The molecule has 2 aromatic rings. The Morgan fingerprint density at radius 2 is 2.20 bits per heavy atom. The van der Waals surface area contributed by atoms with Gasteiger partial charge in [0.25, 0.3) is 0 Å². The molecule has 1 atom stereocenters. The van der Waals surface area contributed by atoms with Crippen LogP contribution < -0.4 is 11.1 Å². The molecule has 0 aliphatic rings. The maximum Gasteiger partial charge on any atom is 0.239 e. The number of anilines is 1. The molecule has 106 valence electrons. The first kappa shape index (κ1) is 14.0. The molecule has 2 rings (SSSR count). The number of hydrogen-bond donors (Lipinski definition) is 2. The van der Waals surface area contributed by atoms with E-state index in [1.165, 1.54) is 16.9 Å². The maximum absolute atomic E-state index is 13.2. The largest absolute Gasteiger partial charge is 0.376 e. The minimum atomic E-state index is -0.888. The summed E-state index contributed by atoms with van der Waals surface area (Å²) in [5, 5.41) is 7.03. The molecular formula is C13H14F2N4O. The van der Waals surface area contributed by atoms with E-state index in [0.29, 0.717) is 11.3 Å². The number of nitrogens with zero attached hydrogens (tertiary/aromatic N) is 2. The molecule has 5 nitrogen and oxygen atoms in total. The van der Waals surface area contributed by atoms with Gasteiger partial charge in [-0.3, -0.25) is 9.48 Å². The Morgan fingerprint density at radius 1 is 1.45 bits per heavy atom. The molecule has 1 heterocycles. The van der Waals surface area contributed by atoms with Crippen LogP contribution in [0.25, 0.3) is 0 Å². The summed E-state index contributed by atoms with van der Waals surface area (Å²) in [5.74, 6) is -2.26. The van der Waals surface area contributed by atoms with Crippen molar-refractivity contribution in [1.29, 1.82) is 0 Å². The molecule has 7 heteroatoms. The number of aromatic nitrogens is 2. The molecule has 0 aliphatic carbocycles. The first-order chi connectivity index (χ1) is 9.45. The first-order valence-electron chi connectivity index (χ1n) is 5.98. The van der Waals surface area contributed by atoms with E-state index in [9.17, 15) is 13.6 Å². The Labute approximate surface area is 114 Å². The van der Waals surface area contributed by atoms with E-state index in [1.54, 1.807) is 13.1 Å². The highest BCUT2D eigenvalue weighted by molar-refractivity contribution is 5.73. The van der Waals surface area contributed by atoms with Crippen LogP contribution in [0.4, 0.5) is 14.5 Å². The lowest BCUT2D eigenvalue weighted by molar-refractivity contribution is -0.118. The molecule has 1 unspecified atom stereocenters. The predicted octanol–water partition coefficient (Wildman–Crippen LogP) is 1.82. The van der Waals surface area contributed by atoms with E-state index < -0.39 is 17.5 Å². The number of nitrogens with one attached hydrogen (secondary N) is 1. The number of halogens is 2. The first-order valence-corrected chi connectivity index (χ1v) is 5.98. The summed E-state index contributed by atoms with van der Waals surface area (Å²) in [4.78, 5) is 10.8. The standard InChI is InChI=1S/C13H14F2N4O/c1-8(9-2-3-11(14)12(15)4-9)18-10-5-17-19(6-10)7-13(16)20/h2-6,8,18H,7H2,1H3,(H2,16,20). The van der Waals surface area contributed by atoms with Crippen molar-refractivity contribution >= 4 is 11.6 Å². The molecule has 20 heavy (non-hydrogen) atoms. The van der Waals surface area contributed by atoms with Gasteiger partial charge >= 0.3 is 0 Å². The summed E-state index contributed by atoms with van der Waals surface area (Å²) in [6.45, 7) is 1.79. The number of benzene rings is 1. The summed E-state index contributed by atoms with van der Waals surface area (Å²) in [6, 6.07) is 3.49. The lowest BCUT2D eigenvalue weighted by Gasteiger charge is -2.14. The second kappa shape index (κ2) is 5.68. The molecule has 3 N–H and O–H groups in total. The van der Waals surface area contributed by atoms with Crippen LogP contribution in [0.15, 0.2) is 30.6 Å². The predicted molar refractivity (Wildman–Crippen MR) is 69.8 cm³/mol. The SMILES string of the molecule is CC(Nc1cnn(CC(N)=O)c1)c1ccc(F)c(F)c1. The van der Waals surface area contributed by atoms with Gasteiger partial charge in [0, 0.05) is 12.2 Å². The molecule has 1 amide bonds. The number of primary amides is 1. The Kier molecular flexibility index (Phi) is 3.97. The number of nitrogens with two attached hydrogens (primary N) is 1. The van der Waals surface area contributed by atoms with Crippen molar-refractivity contribution in [3.63, 3.8) is 0 Å². The monoisotopic (exact) mass is 280 g/mol. The molecule has 0 saturated heterocycles. The lowest BCUT2D eigenvalue weighted by atomic mass is 10.1. The van der Waals surface area contributed by atoms with E-state index in [0.717, 1.165) is 12.1 Å². The molecule has 0 radical (unpaired) electrons. The number of rotatable bonds is 5. The van der Waals surface area contributed by atoms with E-state index in [4.69, 9.17) is 5.73 Å². The number of carbonyl (C=O) groups excluding carboxylic acids is 1. The van der Waals surface area contributed by atoms with Crippen molar-refractivity contribution < 1.29 is 13.6 Å². The molecular weight excluding hydrogens is 266 g/mol. The Hall–Kier alpha value is -2.44. The quantitative estimate of drug-likeness (QED) is 0.877. The fourth-order valence-corrected chi connectivity index (χ4v) is 1.80. The topological polar surface area (TPSA) is 72.9 Å². The highest BCUT2D eigenvalue weighted by Gasteiger charge is 2.10. The average Bonchev–Trinajstić information content (AvgIpc) is 2.79. The Morgan fingerprint density at radius 3 is 2.85 bits per heavy atom. The molecule has 1 aromatic heterocycles. The second-order valence-electron chi connectivity index (χ2n) is 4.43. The number of carbonyl (C=O) groups is 1. The average molecular weight is 280 g/mol. The van der Waals surface area contributed by atoms with Gasteiger partial charge in [-0.25, -0.2) is 8.78 Å². The van der Waals surface area contributed by atoms with Crippen LogP contribution in [-0.4, -0.2) is 15.7 Å². The van der Waals surface area contributed by atoms with Gasteiger partial charge in [-0.15, -0.1) is 0 Å². The third-order valence-electron chi connectivity index (χ3n) is 2.78. The van der Waals surface area contributed by atoms with Crippen LogP contribution in [0.2, 0.25) is 0 Å². The molecule has 0 saturated carbocycles. The van der Waals surface area contributed by atoms with Crippen molar-refractivity contribution in [2.24, 2.45) is 5.73 Å². The van der Waals surface area contributed by atoms with Gasteiger partial charge in [-0.1, -0.05) is 6.07 Å². The van der Waals surface area contributed by atoms with E-state index in [-0.39, 0.29) is 12.6 Å². The van der Waals surface area contributed by atoms with E-state index in [1.807, 2.05) is 0 Å². The van der Waals surface area contributed by atoms with Gasteiger partial charge in [0.15, 0.2) is 11.6 Å². The summed E-state index contributed by atoms with van der Waals surface area (Å²) in [6.07, 6.45) is 3.14. The third-order valence-corrected chi connectivity index (χ3v) is 2.78. The van der Waals surface area contributed by atoms with Gasteiger partial charge in [0.1, 0.15) is 6.54 Å². The normalized spacial score (nSPS) is 12.2. The van der Waals surface area contributed by atoms with Gasteiger partial charge in [0.05, 0.1) is 11.9 Å². The highest BCUT2D eigenvalue weighted by atomic mass is 19.2. The third kappa shape index (κ3) is 3.31. The van der Waals surface area contributed by atoms with E-state index >= 15 is 0 Å². The van der Waals surface area contributed by atoms with Crippen LogP contribution in [0.1, 0.15) is 18.5 Å². The minimum Gasteiger partial charge on any atom is -0.376 e. The Balaban J connectivity index is 2.06. The second-order valence-corrected chi connectivity index (χ2v) is 4.43. The van der Waals surface area contributed by atoms with Crippen LogP contribution >= 0.6 is 0 Å². The van der Waals surface area contributed by atoms with Crippen LogP contribution in [0.3, 0.4) is 0 Å². The van der Waals surface area contributed by atoms with Crippen molar-refractivity contribution in [1.82, 2.24) is 9.78 Å². The Bertz CT molecular complexity index is 627. The molecule has 1 aromatic carbocycles. The van der Waals surface area contributed by atoms with Crippen LogP contribution in [-0.2, 0) is 11.3 Å². The van der Waals surface area contributed by atoms with Gasteiger partial charge in [-0.2, -0.15) is 5.10 Å². The highest BCUT2D eigenvalue weighted by Crippen LogP contribution is 2.20. The molecule has 0 bridgehead atoms. The van der Waals surface area contributed by atoms with Crippen molar-refractivity contribution in [3.05, 3.63) is 47.8 Å². The number of amides is 1. The van der Waals surface area contributed by atoms with Gasteiger partial charge < -0.3 is 11.1 Å². The van der Waals surface area contributed by atoms with Crippen LogP contribution in [0.5, 0.6) is 0 Å². The lowest BCUT2D eigenvalue weighted by Crippen LogP contribution is -2.18. The molecule has 0 aliphatic heterocycles. The smallest absolute Gasteiger partial charge is 0.239 e. The summed E-state index contributed by atoms with van der Waals surface area (Å²) in [5.41, 5.74) is 6.32. The van der Waals surface area contributed by atoms with Crippen molar-refractivity contribution in [2.75, 3.05) is 5.32 Å². The molecule has 0 spiro atoms. The van der Waals surface area contributed by atoms with Gasteiger partial charge in [0.2, 0.25) is 5.91 Å². The summed E-state index contributed by atoms with van der Waals surface area (Å²) in [7, 11) is 0. The summed E-state index contributed by atoms with van der Waals surface area (Å²) >= 11 is 0. The maximum atomic E-state index is 13.2. The number of hydrogen-bond acceptors (Lipinski definition) is 3. The van der Waals surface area contributed by atoms with Crippen molar-refractivity contribution in [2.45, 2.75) is 19.5 Å². The molecule has 0 fully saturated rings.